The molecule has 3 atom stereocenters. The summed E-state index contributed by atoms with van der Waals surface area (Å²) in [6.07, 6.45) is 0.449. The Balaban J connectivity index is 1.94. The summed E-state index contributed by atoms with van der Waals surface area (Å²) < 4.78 is 11.2. The molecule has 1 aromatic carbocycles. The first-order valence-electron chi connectivity index (χ1n) is 11.4. The van der Waals surface area contributed by atoms with E-state index in [-0.39, 0.29) is 23.7 Å². The summed E-state index contributed by atoms with van der Waals surface area (Å²) in [7, 11) is 0. The molecule has 0 radical (unpaired) electrons. The minimum absolute atomic E-state index is 0.116. The minimum atomic E-state index is -0.845. The van der Waals surface area contributed by atoms with Crippen LogP contribution in [0.25, 0.3) is 0 Å². The van der Waals surface area contributed by atoms with E-state index < -0.39 is 23.8 Å². The summed E-state index contributed by atoms with van der Waals surface area (Å²) in [5.74, 6) is 0.736. The third-order valence-corrected chi connectivity index (χ3v) is 5.70. The largest absolute Gasteiger partial charge is 0.464 e. The quantitative estimate of drug-likeness (QED) is 0.617. The van der Waals surface area contributed by atoms with E-state index >= 15 is 0 Å². The molecule has 1 fully saturated rings. The van der Waals surface area contributed by atoms with Gasteiger partial charge in [-0.05, 0) is 58.6 Å². The number of nitrogens with zero attached hydrogens (tertiary/aromatic N) is 1. The van der Waals surface area contributed by atoms with E-state index in [0.29, 0.717) is 24.2 Å². The van der Waals surface area contributed by atoms with Crippen LogP contribution in [0.15, 0.2) is 46.9 Å². The SMILES string of the molecule is Cc1ccc([C@H]2CC[C@@H](C(=O)c3ccccc3)N2C(=O)[C@@H](NC(=O)OC(C)(C)C)C(C)C)o1. The van der Waals surface area contributed by atoms with Gasteiger partial charge in [0.25, 0.3) is 0 Å². The fourth-order valence-corrected chi connectivity index (χ4v) is 4.19. The molecular formula is C26H34N2O5. The summed E-state index contributed by atoms with van der Waals surface area (Å²) >= 11 is 0. The van der Waals surface area contributed by atoms with E-state index in [0.717, 1.165) is 5.76 Å². The zero-order chi connectivity index (χ0) is 24.3. The van der Waals surface area contributed by atoms with Crippen molar-refractivity contribution in [3.05, 3.63) is 59.5 Å². The smallest absolute Gasteiger partial charge is 0.408 e. The Kier molecular flexibility index (Phi) is 7.30. The standard InChI is InChI=1S/C26H34N2O5/c1-16(2)22(27-25(31)33-26(4,5)6)24(30)28-19(21-15-12-17(3)32-21)13-14-20(28)23(29)18-10-8-7-9-11-18/h7-12,15-16,19-20,22H,13-14H2,1-6H3,(H,27,31)/t19-,20+,22+/m1/s1. The molecule has 0 aliphatic carbocycles. The first kappa shape index (κ1) is 24.6. The van der Waals surface area contributed by atoms with Crippen LogP contribution in [0.5, 0.6) is 0 Å². The van der Waals surface area contributed by atoms with Gasteiger partial charge in [-0.1, -0.05) is 44.2 Å². The number of carbonyl (C=O) groups excluding carboxylic acids is 3. The highest BCUT2D eigenvalue weighted by molar-refractivity contribution is 6.03. The van der Waals surface area contributed by atoms with E-state index in [1.165, 1.54) is 0 Å². The number of nitrogens with one attached hydrogen (secondary N) is 1. The lowest BCUT2D eigenvalue weighted by atomic mass is 9.99. The van der Waals surface area contributed by atoms with Crippen LogP contribution >= 0.6 is 0 Å². The predicted octanol–water partition coefficient (Wildman–Crippen LogP) is 5.05. The number of hydrogen-bond acceptors (Lipinski definition) is 5. The van der Waals surface area contributed by atoms with Gasteiger partial charge in [-0.2, -0.15) is 0 Å². The highest BCUT2D eigenvalue weighted by atomic mass is 16.6. The van der Waals surface area contributed by atoms with Crippen LogP contribution in [0.4, 0.5) is 4.79 Å². The second kappa shape index (κ2) is 9.81. The molecule has 0 unspecified atom stereocenters. The molecule has 0 bridgehead atoms. The van der Waals surface area contributed by atoms with Crippen LogP contribution in [0, 0.1) is 12.8 Å². The molecule has 2 aromatic rings. The number of Topliss-reactive ketones (excluding diaryl/α,β-unsaturated/α-hetero) is 1. The van der Waals surface area contributed by atoms with Crippen molar-refractivity contribution in [2.75, 3.05) is 0 Å². The van der Waals surface area contributed by atoms with Crippen LogP contribution in [-0.2, 0) is 9.53 Å². The maximum absolute atomic E-state index is 13.9. The summed E-state index contributed by atoms with van der Waals surface area (Å²) in [5.41, 5.74) is -0.139. The molecule has 1 aliphatic rings. The molecule has 178 valence electrons. The van der Waals surface area contributed by atoms with E-state index in [9.17, 15) is 14.4 Å². The molecule has 1 aromatic heterocycles. The molecule has 2 heterocycles. The van der Waals surface area contributed by atoms with Gasteiger partial charge in [0.2, 0.25) is 5.91 Å². The second-order valence-corrected chi connectivity index (χ2v) is 9.90. The van der Waals surface area contributed by atoms with Gasteiger partial charge < -0.3 is 19.4 Å². The molecule has 0 spiro atoms. The maximum Gasteiger partial charge on any atom is 0.408 e. The average molecular weight is 455 g/mol. The lowest BCUT2D eigenvalue weighted by molar-refractivity contribution is -0.137. The number of ether oxygens (including phenoxy) is 1. The number of rotatable bonds is 6. The number of carbonyl (C=O) groups is 3. The summed E-state index contributed by atoms with van der Waals surface area (Å²) in [6.45, 7) is 10.9. The minimum Gasteiger partial charge on any atom is -0.464 e. The van der Waals surface area contributed by atoms with Gasteiger partial charge in [-0.3, -0.25) is 9.59 Å². The highest BCUT2D eigenvalue weighted by Gasteiger charge is 2.46. The van der Waals surface area contributed by atoms with Gasteiger partial charge >= 0.3 is 6.09 Å². The van der Waals surface area contributed by atoms with E-state index in [1.54, 1.807) is 37.8 Å². The van der Waals surface area contributed by atoms with Gasteiger partial charge in [0.05, 0.1) is 12.1 Å². The van der Waals surface area contributed by atoms with Gasteiger partial charge in [-0.25, -0.2) is 4.79 Å². The molecule has 7 nitrogen and oxygen atoms in total. The highest BCUT2D eigenvalue weighted by Crippen LogP contribution is 2.39. The number of hydrogen-bond donors (Lipinski definition) is 1. The number of likely N-dealkylation sites (tertiary alicyclic amines) is 1. The molecule has 7 heteroatoms. The van der Waals surface area contributed by atoms with E-state index in [4.69, 9.17) is 9.15 Å². The van der Waals surface area contributed by atoms with Gasteiger partial charge in [0, 0.05) is 5.56 Å². The average Bonchev–Trinajstić information content (AvgIpc) is 3.36. The van der Waals surface area contributed by atoms with Crippen molar-refractivity contribution in [3.8, 4) is 0 Å². The zero-order valence-electron chi connectivity index (χ0n) is 20.3. The number of alkyl carbamates (subject to hydrolysis) is 1. The first-order valence-corrected chi connectivity index (χ1v) is 11.4. The van der Waals surface area contributed by atoms with E-state index in [2.05, 4.69) is 5.32 Å². The topological polar surface area (TPSA) is 88.9 Å². The molecular weight excluding hydrogens is 420 g/mol. The van der Waals surface area contributed by atoms with Crippen LogP contribution in [0.1, 0.15) is 75.4 Å². The Hall–Kier alpha value is -3.09. The fraction of sp³-hybridized carbons (Fsp3) is 0.500. The first-order chi connectivity index (χ1) is 15.5. The van der Waals surface area contributed by atoms with Crippen molar-refractivity contribution in [2.45, 2.75) is 78.1 Å². The van der Waals surface area contributed by atoms with Crippen molar-refractivity contribution in [1.82, 2.24) is 10.2 Å². The van der Waals surface area contributed by atoms with Crippen LogP contribution < -0.4 is 5.32 Å². The summed E-state index contributed by atoms with van der Waals surface area (Å²) in [5, 5.41) is 2.73. The van der Waals surface area contributed by atoms with Crippen molar-refractivity contribution < 1.29 is 23.5 Å². The number of aryl methyl sites for hydroxylation is 1. The van der Waals surface area contributed by atoms with Gasteiger partial charge in [0.1, 0.15) is 23.2 Å². The lowest BCUT2D eigenvalue weighted by Crippen LogP contribution is -2.55. The second-order valence-electron chi connectivity index (χ2n) is 9.90. The molecule has 1 saturated heterocycles. The van der Waals surface area contributed by atoms with Crippen LogP contribution in [-0.4, -0.2) is 40.4 Å². The summed E-state index contributed by atoms with van der Waals surface area (Å²) in [4.78, 5) is 41.4. The lowest BCUT2D eigenvalue weighted by Gasteiger charge is -2.34. The Morgan fingerprint density at radius 2 is 1.73 bits per heavy atom. The third kappa shape index (κ3) is 5.83. The Labute approximate surface area is 195 Å². The van der Waals surface area contributed by atoms with Crippen molar-refractivity contribution in [3.63, 3.8) is 0 Å². The Morgan fingerprint density at radius 1 is 1.06 bits per heavy atom. The monoisotopic (exact) mass is 454 g/mol. The normalized spacial score (nSPS) is 19.4. The Morgan fingerprint density at radius 3 is 2.27 bits per heavy atom. The predicted molar refractivity (Wildman–Crippen MR) is 125 cm³/mol. The maximum atomic E-state index is 13.9. The number of ketones is 1. The van der Waals surface area contributed by atoms with Crippen molar-refractivity contribution >= 4 is 17.8 Å². The molecule has 1 aliphatic heterocycles. The van der Waals surface area contributed by atoms with Crippen LogP contribution in [0.2, 0.25) is 0 Å². The van der Waals surface area contributed by atoms with Gasteiger partial charge in [0.15, 0.2) is 5.78 Å². The molecule has 0 saturated carbocycles. The van der Waals surface area contributed by atoms with E-state index in [1.807, 2.05) is 51.1 Å². The third-order valence-electron chi connectivity index (χ3n) is 5.70. The zero-order valence-corrected chi connectivity index (χ0v) is 20.3. The molecule has 33 heavy (non-hydrogen) atoms. The molecule has 3 rings (SSSR count). The molecule has 1 N–H and O–H groups in total. The number of benzene rings is 1. The summed E-state index contributed by atoms with van der Waals surface area (Å²) in [6, 6.07) is 10.8. The van der Waals surface area contributed by atoms with Gasteiger partial charge in [-0.15, -0.1) is 0 Å². The van der Waals surface area contributed by atoms with Crippen molar-refractivity contribution in [2.24, 2.45) is 5.92 Å². The fourth-order valence-electron chi connectivity index (χ4n) is 4.19. The Bertz CT molecular complexity index is 990. The molecule has 2 amide bonds. The van der Waals surface area contributed by atoms with Crippen molar-refractivity contribution in [1.29, 1.82) is 0 Å². The van der Waals surface area contributed by atoms with Crippen LogP contribution in [0.3, 0.4) is 0 Å². The number of furan rings is 1. The number of amides is 2.